The number of hydrogen-bond donors (Lipinski definition) is 2. The van der Waals surface area contributed by atoms with Crippen LogP contribution < -0.4 is 0 Å². The molecule has 42 heavy (non-hydrogen) atoms. The summed E-state index contributed by atoms with van der Waals surface area (Å²) in [6.07, 6.45) is -1.98. The van der Waals surface area contributed by atoms with Crippen LogP contribution in [0.4, 0.5) is 4.39 Å². The number of aliphatic hydroxyl groups is 2. The first-order chi connectivity index (χ1) is 19.6. The summed E-state index contributed by atoms with van der Waals surface area (Å²) < 4.78 is 47.9. The molecule has 0 aromatic heterocycles. The zero-order chi connectivity index (χ0) is 30.6. The molecule has 0 bridgehead atoms. The number of carbonyl (C=O) groups is 3. The Labute approximate surface area is 244 Å². The summed E-state index contributed by atoms with van der Waals surface area (Å²) in [6, 6.07) is 0. The van der Waals surface area contributed by atoms with Gasteiger partial charge in [0.25, 0.3) is 5.78 Å². The van der Waals surface area contributed by atoms with Crippen LogP contribution in [0.1, 0.15) is 80.1 Å². The molecule has 0 amide bonds. The van der Waals surface area contributed by atoms with Gasteiger partial charge in [-0.05, 0) is 64.0 Å². The number of unbranched alkanes of at least 4 members (excludes halogenated alkanes) is 1. The molecule has 0 aromatic carbocycles. The van der Waals surface area contributed by atoms with Gasteiger partial charge in [-0.1, -0.05) is 27.2 Å². The zero-order valence-corrected chi connectivity index (χ0v) is 25.0. The van der Waals surface area contributed by atoms with Gasteiger partial charge in [0.1, 0.15) is 0 Å². The van der Waals surface area contributed by atoms with Crippen LogP contribution in [-0.2, 0) is 38.1 Å². The van der Waals surface area contributed by atoms with Gasteiger partial charge in [0.15, 0.2) is 22.8 Å². The van der Waals surface area contributed by atoms with Crippen LogP contribution in [0.25, 0.3) is 0 Å². The van der Waals surface area contributed by atoms with Crippen molar-refractivity contribution in [2.45, 2.75) is 122 Å². The van der Waals surface area contributed by atoms with Crippen molar-refractivity contribution in [1.82, 2.24) is 0 Å². The van der Waals surface area contributed by atoms with Crippen molar-refractivity contribution in [2.24, 2.45) is 22.7 Å². The van der Waals surface area contributed by atoms with E-state index in [1.807, 2.05) is 13.8 Å². The van der Waals surface area contributed by atoms with Crippen LogP contribution in [0.2, 0.25) is 0 Å². The highest BCUT2D eigenvalue weighted by molar-refractivity contribution is 6.37. The lowest BCUT2D eigenvalue weighted by molar-refractivity contribution is -0.263. The molecular weight excluding hydrogens is 551 g/mol. The number of esters is 1. The van der Waals surface area contributed by atoms with Gasteiger partial charge >= 0.3 is 5.97 Å². The van der Waals surface area contributed by atoms with Gasteiger partial charge in [-0.15, -0.1) is 0 Å². The number of halogens is 1. The molecule has 10 atom stereocenters. The maximum atomic E-state index is 18.2. The van der Waals surface area contributed by atoms with Crippen LogP contribution in [-0.4, -0.2) is 76.0 Å². The Bertz CT molecular complexity index is 1290. The lowest BCUT2D eigenvalue weighted by Crippen LogP contribution is -2.73. The van der Waals surface area contributed by atoms with E-state index in [0.717, 1.165) is 6.42 Å². The monoisotopic (exact) mass is 592 g/mol. The molecule has 6 aliphatic rings. The molecule has 2 heterocycles. The van der Waals surface area contributed by atoms with Crippen molar-refractivity contribution in [3.63, 3.8) is 0 Å². The smallest absolute Gasteiger partial charge is 0.377 e. The number of rotatable bonds is 6. The van der Waals surface area contributed by atoms with Gasteiger partial charge in [0, 0.05) is 17.8 Å². The number of fused-ring (bicyclic) bond motifs is 8. The number of allylic oxidation sites excluding steroid dienone is 2. The zero-order valence-electron chi connectivity index (χ0n) is 25.0. The van der Waals surface area contributed by atoms with Crippen LogP contribution in [0.5, 0.6) is 0 Å². The highest BCUT2D eigenvalue weighted by Gasteiger charge is 2.83. The van der Waals surface area contributed by atoms with E-state index in [4.69, 9.17) is 23.7 Å². The molecule has 1 saturated heterocycles. The van der Waals surface area contributed by atoms with Gasteiger partial charge in [-0.2, -0.15) is 0 Å². The molecule has 11 heteroatoms. The van der Waals surface area contributed by atoms with E-state index in [9.17, 15) is 24.6 Å². The third-order valence-electron chi connectivity index (χ3n) is 11.0. The predicted molar refractivity (Wildman–Crippen MR) is 143 cm³/mol. The number of Topliss-reactive ketones (excluding diaryl/α,β-unsaturated/α-hetero) is 1. The maximum absolute atomic E-state index is 18.2. The molecule has 10 nitrogen and oxygen atoms in total. The molecule has 1 unspecified atom stereocenters. The molecule has 3 saturated carbocycles. The second-order valence-corrected chi connectivity index (χ2v) is 13.6. The quantitative estimate of drug-likeness (QED) is 0.269. The topological polar surface area (TPSA) is 138 Å². The van der Waals surface area contributed by atoms with E-state index in [0.29, 0.717) is 18.4 Å². The lowest BCUT2D eigenvalue weighted by Gasteiger charge is -2.63. The first-order valence-corrected chi connectivity index (χ1v) is 15.1. The molecule has 0 spiro atoms. The van der Waals surface area contributed by atoms with Crippen molar-refractivity contribution in [1.29, 1.82) is 0 Å². The number of alkyl halides is 1. The van der Waals surface area contributed by atoms with Gasteiger partial charge in [0.2, 0.25) is 17.8 Å². The van der Waals surface area contributed by atoms with E-state index in [-0.39, 0.29) is 37.4 Å². The minimum atomic E-state index is -2.52. The minimum absolute atomic E-state index is 0.0241. The fourth-order valence-corrected chi connectivity index (χ4v) is 9.10. The summed E-state index contributed by atoms with van der Waals surface area (Å²) in [4.78, 5) is 40.2. The van der Waals surface area contributed by atoms with Crippen LogP contribution in [0, 0.1) is 22.7 Å². The van der Waals surface area contributed by atoms with Gasteiger partial charge in [-0.25, -0.2) is 9.18 Å². The van der Waals surface area contributed by atoms with Gasteiger partial charge < -0.3 is 33.9 Å². The number of hydrogen-bond acceptors (Lipinski definition) is 10. The summed E-state index contributed by atoms with van der Waals surface area (Å²) in [5, 5.41) is 23.5. The van der Waals surface area contributed by atoms with E-state index in [2.05, 4.69) is 0 Å². The van der Waals surface area contributed by atoms with Crippen molar-refractivity contribution < 1.29 is 52.7 Å². The summed E-state index contributed by atoms with van der Waals surface area (Å²) in [5.74, 6) is -5.74. The maximum Gasteiger partial charge on any atom is 0.377 e. The largest absolute Gasteiger partial charge is 0.460 e. The first kappa shape index (κ1) is 29.7. The SMILES string of the molecule is CCCCOC(=O)C(=O)[C@@]12OC(C)(C)O[C@@H]1C[C@H]1[C@@H]3[C@@H](O)CC4=CC(=O)C5=C(OC(CC)O5)[C@]4(C)[C@@]3(F)[C@@H](O)C[C@@]12C. The molecule has 0 aromatic rings. The van der Waals surface area contributed by atoms with E-state index >= 15 is 4.39 Å². The molecule has 2 N–H and O–H groups in total. The molecule has 0 radical (unpaired) electrons. The third kappa shape index (κ3) is 3.48. The van der Waals surface area contributed by atoms with E-state index < -0.39 is 81.9 Å². The normalized spacial score (nSPS) is 46.4. The lowest BCUT2D eigenvalue weighted by atomic mass is 9.43. The molecule has 6 rings (SSSR count). The van der Waals surface area contributed by atoms with Crippen molar-refractivity contribution in [3.8, 4) is 0 Å². The molecule has 232 valence electrons. The Morgan fingerprint density at radius 3 is 2.52 bits per heavy atom. The number of ketones is 2. The highest BCUT2D eigenvalue weighted by Crippen LogP contribution is 2.73. The Morgan fingerprint density at radius 1 is 1.14 bits per heavy atom. The number of aliphatic hydroxyl groups excluding tert-OH is 2. The summed E-state index contributed by atoms with van der Waals surface area (Å²) in [5.41, 5.74) is -7.01. The summed E-state index contributed by atoms with van der Waals surface area (Å²) in [7, 11) is 0. The van der Waals surface area contributed by atoms with Gasteiger partial charge in [0.05, 0.1) is 30.3 Å². The second kappa shape index (κ2) is 9.33. The molecular formula is C31H41FO10. The minimum Gasteiger partial charge on any atom is -0.460 e. The third-order valence-corrected chi connectivity index (χ3v) is 11.0. The van der Waals surface area contributed by atoms with Crippen LogP contribution in [0.15, 0.2) is 23.2 Å². The number of ether oxygens (including phenoxy) is 5. The van der Waals surface area contributed by atoms with Crippen molar-refractivity contribution in [3.05, 3.63) is 23.2 Å². The van der Waals surface area contributed by atoms with Crippen molar-refractivity contribution in [2.75, 3.05) is 6.61 Å². The average molecular weight is 593 g/mol. The highest BCUT2D eigenvalue weighted by atomic mass is 19.1. The van der Waals surface area contributed by atoms with E-state index in [1.54, 1.807) is 27.7 Å². The summed E-state index contributed by atoms with van der Waals surface area (Å²) in [6.45, 7) is 10.4. The Balaban J connectivity index is 1.46. The average Bonchev–Trinajstić information content (AvgIpc) is 3.54. The fraction of sp³-hybridized carbons (Fsp3) is 0.774. The summed E-state index contributed by atoms with van der Waals surface area (Å²) >= 11 is 0. The Hall–Kier alpha value is -2.34. The molecule has 4 fully saturated rings. The number of carbonyl (C=O) groups excluding carboxylic acids is 3. The first-order valence-electron chi connectivity index (χ1n) is 15.1. The molecule has 2 aliphatic heterocycles. The van der Waals surface area contributed by atoms with Crippen LogP contribution >= 0.6 is 0 Å². The standard InChI is InChI=1S/C31H41FO10/c1-7-9-10-38-26(37)24(36)31-20(41-27(3,4)42-31)13-16-22-17(33)11-15-12-18(34)23-25(40-21(8-2)39-23)29(15,6)30(22,32)19(35)14-28(16,31)5/h12,16-17,19-22,33,35H,7-11,13-14H2,1-6H3/t16-,17-,19-,20+,21?,22+,28-,29+,30+,31-/m0/s1. The van der Waals surface area contributed by atoms with E-state index in [1.165, 1.54) is 6.08 Å². The Morgan fingerprint density at radius 2 is 1.86 bits per heavy atom. The Kier molecular flexibility index (Phi) is 6.60. The fourth-order valence-electron chi connectivity index (χ4n) is 9.10. The molecule has 4 aliphatic carbocycles. The second-order valence-electron chi connectivity index (χ2n) is 13.6. The van der Waals surface area contributed by atoms with Crippen molar-refractivity contribution >= 4 is 17.5 Å². The van der Waals surface area contributed by atoms with Crippen LogP contribution in [0.3, 0.4) is 0 Å². The van der Waals surface area contributed by atoms with Gasteiger partial charge in [-0.3, -0.25) is 9.59 Å². The predicted octanol–water partition coefficient (Wildman–Crippen LogP) is 3.18.